The van der Waals surface area contributed by atoms with Gasteiger partial charge in [0.05, 0.1) is 28.2 Å². The van der Waals surface area contributed by atoms with Gasteiger partial charge in [-0.05, 0) is 48.9 Å². The van der Waals surface area contributed by atoms with Crippen LogP contribution in [0.25, 0.3) is 0 Å². The molecule has 36 heavy (non-hydrogen) atoms. The van der Waals surface area contributed by atoms with Gasteiger partial charge in [-0.1, -0.05) is 24.3 Å². The van der Waals surface area contributed by atoms with Crippen LogP contribution in [0.3, 0.4) is 0 Å². The van der Waals surface area contributed by atoms with E-state index in [9.17, 15) is 29.3 Å². The number of imide groups is 1. The van der Waals surface area contributed by atoms with Gasteiger partial charge in [0.2, 0.25) is 5.91 Å². The Balaban J connectivity index is 1.62. The van der Waals surface area contributed by atoms with Gasteiger partial charge in [0.15, 0.2) is 0 Å². The Morgan fingerprint density at radius 3 is 2.06 bits per heavy atom. The number of hydrogen-bond donors (Lipinski definition) is 1. The number of hydrogen-bond acceptors (Lipinski definition) is 7. The van der Waals surface area contributed by atoms with Gasteiger partial charge < -0.3 is 10.1 Å². The second-order valence-electron chi connectivity index (χ2n) is 7.96. The lowest BCUT2D eigenvalue weighted by Crippen LogP contribution is -2.48. The van der Waals surface area contributed by atoms with Crippen LogP contribution in [0.2, 0.25) is 0 Å². The van der Waals surface area contributed by atoms with E-state index in [0.717, 1.165) is 4.90 Å². The molecule has 4 rings (SSSR count). The molecule has 0 spiro atoms. The van der Waals surface area contributed by atoms with Crippen molar-refractivity contribution in [3.63, 3.8) is 0 Å². The summed E-state index contributed by atoms with van der Waals surface area (Å²) in [7, 11) is 0. The summed E-state index contributed by atoms with van der Waals surface area (Å²) in [6.07, 6.45) is -0.0593. The third-order valence-electron chi connectivity index (χ3n) is 5.68. The Labute approximate surface area is 205 Å². The highest BCUT2D eigenvalue weighted by Gasteiger charge is 2.42. The summed E-state index contributed by atoms with van der Waals surface area (Å²) in [5.41, 5.74) is 1.44. The standard InChI is InChI=1S/C26H21N3O7/c1-2-36-26(33)17-9-11-18(12-10-17)27-23(30)22(15-16-7-13-19(14-8-16)29(34)35)28-24(31)20-5-3-4-6-21(20)25(28)32/h3-14,22H,2,15H2,1H3,(H,27,30)/t22-/m0/s1. The summed E-state index contributed by atoms with van der Waals surface area (Å²) in [5, 5.41) is 13.7. The third kappa shape index (κ3) is 4.83. The molecule has 1 aliphatic heterocycles. The van der Waals surface area contributed by atoms with E-state index in [0.29, 0.717) is 16.8 Å². The largest absolute Gasteiger partial charge is 0.462 e. The fraction of sp³-hybridized carbons (Fsp3) is 0.154. The Kier molecular flexibility index (Phi) is 6.86. The van der Waals surface area contributed by atoms with Crippen molar-refractivity contribution >= 4 is 35.1 Å². The number of nitro benzene ring substituents is 1. The Bertz CT molecular complexity index is 1320. The van der Waals surface area contributed by atoms with E-state index >= 15 is 0 Å². The van der Waals surface area contributed by atoms with Gasteiger partial charge in [0, 0.05) is 24.2 Å². The van der Waals surface area contributed by atoms with Crippen LogP contribution in [0.4, 0.5) is 11.4 Å². The highest BCUT2D eigenvalue weighted by atomic mass is 16.6. The smallest absolute Gasteiger partial charge is 0.338 e. The van der Waals surface area contributed by atoms with Gasteiger partial charge in [-0.15, -0.1) is 0 Å². The number of esters is 1. The van der Waals surface area contributed by atoms with E-state index in [-0.39, 0.29) is 29.8 Å². The van der Waals surface area contributed by atoms with Crippen molar-refractivity contribution in [3.8, 4) is 0 Å². The number of anilines is 1. The second-order valence-corrected chi connectivity index (χ2v) is 7.96. The number of benzene rings is 3. The van der Waals surface area contributed by atoms with E-state index in [1.54, 1.807) is 19.1 Å². The van der Waals surface area contributed by atoms with Crippen molar-refractivity contribution in [2.75, 3.05) is 11.9 Å². The Morgan fingerprint density at radius 2 is 1.53 bits per heavy atom. The fourth-order valence-corrected chi connectivity index (χ4v) is 3.90. The molecule has 0 bridgehead atoms. The number of non-ortho nitro benzene ring substituents is 1. The van der Waals surface area contributed by atoms with Crippen LogP contribution in [0.5, 0.6) is 0 Å². The number of nitro groups is 1. The average molecular weight is 487 g/mol. The Hall–Kier alpha value is -4.86. The summed E-state index contributed by atoms with van der Waals surface area (Å²) in [5.74, 6) is -2.34. The number of fused-ring (bicyclic) bond motifs is 1. The minimum absolute atomic E-state index is 0.0593. The highest BCUT2D eigenvalue weighted by Crippen LogP contribution is 2.27. The van der Waals surface area contributed by atoms with E-state index in [4.69, 9.17) is 4.74 Å². The molecule has 0 radical (unpaired) electrons. The van der Waals surface area contributed by atoms with Crippen molar-refractivity contribution in [1.82, 2.24) is 4.90 Å². The molecule has 0 saturated heterocycles. The zero-order chi connectivity index (χ0) is 25.8. The Morgan fingerprint density at radius 1 is 0.944 bits per heavy atom. The summed E-state index contributed by atoms with van der Waals surface area (Å²) >= 11 is 0. The summed E-state index contributed by atoms with van der Waals surface area (Å²) in [6, 6.07) is 16.6. The first-order chi connectivity index (χ1) is 17.3. The van der Waals surface area contributed by atoms with Crippen LogP contribution < -0.4 is 5.32 Å². The highest BCUT2D eigenvalue weighted by molar-refractivity contribution is 6.23. The lowest BCUT2D eigenvalue weighted by Gasteiger charge is -2.25. The van der Waals surface area contributed by atoms with Crippen LogP contribution in [0, 0.1) is 10.1 Å². The van der Waals surface area contributed by atoms with E-state index in [2.05, 4.69) is 5.32 Å². The van der Waals surface area contributed by atoms with Gasteiger partial charge in [-0.3, -0.25) is 29.4 Å². The van der Waals surface area contributed by atoms with Crippen LogP contribution in [-0.2, 0) is 16.0 Å². The molecule has 0 aliphatic carbocycles. The van der Waals surface area contributed by atoms with Crippen molar-refractivity contribution in [1.29, 1.82) is 0 Å². The molecule has 0 aromatic heterocycles. The zero-order valence-corrected chi connectivity index (χ0v) is 19.2. The number of nitrogens with zero attached hydrogens (tertiary/aromatic N) is 2. The third-order valence-corrected chi connectivity index (χ3v) is 5.68. The van der Waals surface area contributed by atoms with Crippen molar-refractivity contribution in [2.24, 2.45) is 0 Å². The molecular formula is C26H21N3O7. The maximum atomic E-state index is 13.4. The fourth-order valence-electron chi connectivity index (χ4n) is 3.90. The molecule has 1 heterocycles. The molecule has 10 heteroatoms. The molecule has 182 valence electrons. The minimum atomic E-state index is -1.23. The van der Waals surface area contributed by atoms with Gasteiger partial charge in [0.1, 0.15) is 6.04 Å². The molecule has 0 saturated carbocycles. The number of ether oxygens (including phenoxy) is 1. The number of carbonyl (C=O) groups is 4. The average Bonchev–Trinajstić information content (AvgIpc) is 3.13. The lowest BCUT2D eigenvalue weighted by atomic mass is 10.0. The van der Waals surface area contributed by atoms with Crippen LogP contribution in [-0.4, -0.2) is 46.2 Å². The topological polar surface area (TPSA) is 136 Å². The van der Waals surface area contributed by atoms with Gasteiger partial charge >= 0.3 is 5.97 Å². The van der Waals surface area contributed by atoms with Crippen LogP contribution >= 0.6 is 0 Å². The molecule has 1 aliphatic rings. The minimum Gasteiger partial charge on any atom is -0.462 e. The van der Waals surface area contributed by atoms with Crippen molar-refractivity contribution < 1.29 is 28.8 Å². The predicted octanol–water partition coefficient (Wildman–Crippen LogP) is 3.62. The molecule has 3 amide bonds. The quantitative estimate of drug-likeness (QED) is 0.222. The summed E-state index contributed by atoms with van der Waals surface area (Å²) < 4.78 is 4.95. The molecule has 0 unspecified atom stereocenters. The maximum Gasteiger partial charge on any atom is 0.338 e. The van der Waals surface area contributed by atoms with E-state index in [1.165, 1.54) is 60.7 Å². The van der Waals surface area contributed by atoms with Crippen LogP contribution in [0.15, 0.2) is 72.8 Å². The van der Waals surface area contributed by atoms with Gasteiger partial charge in [-0.25, -0.2) is 4.79 Å². The first-order valence-corrected chi connectivity index (χ1v) is 11.1. The first-order valence-electron chi connectivity index (χ1n) is 11.1. The molecule has 1 N–H and O–H groups in total. The number of carbonyl (C=O) groups excluding carboxylic acids is 4. The van der Waals surface area contributed by atoms with E-state index in [1.807, 2.05) is 0 Å². The molecule has 0 fully saturated rings. The normalized spacial score (nSPS) is 13.2. The zero-order valence-electron chi connectivity index (χ0n) is 19.2. The summed E-state index contributed by atoms with van der Waals surface area (Å²) in [4.78, 5) is 62.8. The molecular weight excluding hydrogens is 466 g/mol. The van der Waals surface area contributed by atoms with E-state index < -0.39 is 34.7 Å². The number of amides is 3. The lowest BCUT2D eigenvalue weighted by molar-refractivity contribution is -0.384. The van der Waals surface area contributed by atoms with Crippen molar-refractivity contribution in [2.45, 2.75) is 19.4 Å². The molecule has 3 aromatic carbocycles. The van der Waals surface area contributed by atoms with Gasteiger partial charge in [0.25, 0.3) is 17.5 Å². The molecule has 1 atom stereocenters. The van der Waals surface area contributed by atoms with Crippen molar-refractivity contribution in [3.05, 3.63) is 105 Å². The van der Waals surface area contributed by atoms with Gasteiger partial charge in [-0.2, -0.15) is 0 Å². The number of rotatable bonds is 8. The molecule has 10 nitrogen and oxygen atoms in total. The summed E-state index contributed by atoms with van der Waals surface area (Å²) in [6.45, 7) is 1.92. The predicted molar refractivity (Wildman–Crippen MR) is 129 cm³/mol. The second kappa shape index (κ2) is 10.2. The monoisotopic (exact) mass is 487 g/mol. The number of nitrogens with one attached hydrogen (secondary N) is 1. The first kappa shape index (κ1) is 24.3. The van der Waals surface area contributed by atoms with Crippen LogP contribution in [0.1, 0.15) is 43.6 Å². The SMILES string of the molecule is CCOC(=O)c1ccc(NC(=O)[C@H](Cc2ccc([N+](=O)[O-])cc2)N2C(=O)c3ccccc3C2=O)cc1. The maximum absolute atomic E-state index is 13.4. The molecule has 3 aromatic rings.